The van der Waals surface area contributed by atoms with Gasteiger partial charge in [-0.1, -0.05) is 23.7 Å². The van der Waals surface area contributed by atoms with E-state index in [1.807, 2.05) is 31.2 Å². The number of nitrogens with one attached hydrogen (secondary N) is 2. The molecule has 0 aromatic heterocycles. The van der Waals surface area contributed by atoms with Gasteiger partial charge in [0.25, 0.3) is 0 Å². The van der Waals surface area contributed by atoms with E-state index in [0.717, 1.165) is 5.56 Å². The molecule has 2 N–H and O–H groups in total. The van der Waals surface area contributed by atoms with Gasteiger partial charge in [-0.15, -0.1) is 0 Å². The van der Waals surface area contributed by atoms with E-state index in [2.05, 4.69) is 17.6 Å². The Morgan fingerprint density at radius 3 is 2.38 bits per heavy atom. The summed E-state index contributed by atoms with van der Waals surface area (Å²) < 4.78 is 10.5. The summed E-state index contributed by atoms with van der Waals surface area (Å²) in [5.41, 5.74) is 1.71. The second-order valence-electron chi connectivity index (χ2n) is 6.16. The third-order valence-corrected chi connectivity index (χ3v) is 4.33. The highest BCUT2D eigenvalue weighted by atomic mass is 35.5. The van der Waals surface area contributed by atoms with Gasteiger partial charge in [-0.25, -0.2) is 0 Å². The van der Waals surface area contributed by atoms with Crippen LogP contribution in [-0.2, 0) is 4.79 Å². The first-order valence-electron chi connectivity index (χ1n) is 8.46. The van der Waals surface area contributed by atoms with E-state index in [0.29, 0.717) is 28.6 Å². The molecule has 6 heteroatoms. The van der Waals surface area contributed by atoms with E-state index in [1.165, 1.54) is 0 Å². The Balaban J connectivity index is 1.93. The molecule has 0 aliphatic heterocycles. The summed E-state index contributed by atoms with van der Waals surface area (Å²) in [4.78, 5) is 12.4. The Bertz CT molecular complexity index is 734. The predicted octanol–water partition coefficient (Wildman–Crippen LogP) is 4.43. The van der Waals surface area contributed by atoms with Crippen LogP contribution in [-0.4, -0.2) is 26.2 Å². The van der Waals surface area contributed by atoms with Crippen LogP contribution in [0.4, 0.5) is 5.69 Å². The van der Waals surface area contributed by atoms with E-state index in [1.54, 1.807) is 32.4 Å². The fraction of sp³-hybridized carbons (Fsp3) is 0.350. The molecule has 0 saturated carbocycles. The van der Waals surface area contributed by atoms with Crippen LogP contribution in [0.1, 0.15) is 31.9 Å². The molecule has 26 heavy (non-hydrogen) atoms. The second kappa shape index (κ2) is 9.46. The van der Waals surface area contributed by atoms with Crippen molar-refractivity contribution in [3.63, 3.8) is 0 Å². The largest absolute Gasteiger partial charge is 0.497 e. The lowest BCUT2D eigenvalue weighted by Crippen LogP contribution is -2.32. The summed E-state index contributed by atoms with van der Waals surface area (Å²) in [5, 5.41) is 7.02. The number of carbonyl (C=O) groups is 1. The van der Waals surface area contributed by atoms with Crippen LogP contribution in [0.3, 0.4) is 0 Å². The molecule has 2 rings (SSSR count). The van der Waals surface area contributed by atoms with Crippen LogP contribution in [0.2, 0.25) is 5.02 Å². The van der Waals surface area contributed by atoms with Crippen LogP contribution < -0.4 is 20.1 Å². The molecule has 0 aliphatic rings. The number of hydrogen-bond donors (Lipinski definition) is 2. The maximum Gasteiger partial charge on any atom is 0.226 e. The molecule has 2 unspecified atom stereocenters. The smallest absolute Gasteiger partial charge is 0.226 e. The summed E-state index contributed by atoms with van der Waals surface area (Å²) in [5.74, 6) is 1.15. The third kappa shape index (κ3) is 5.64. The van der Waals surface area contributed by atoms with Crippen molar-refractivity contribution in [3.05, 3.63) is 53.1 Å². The number of hydrogen-bond acceptors (Lipinski definition) is 4. The number of amides is 1. The van der Waals surface area contributed by atoms with Crippen molar-refractivity contribution in [1.29, 1.82) is 0 Å². The fourth-order valence-electron chi connectivity index (χ4n) is 2.72. The number of carbonyl (C=O) groups excluding carboxylic acids is 1. The molecule has 2 atom stereocenters. The lowest BCUT2D eigenvalue weighted by atomic mass is 10.1. The molecule has 2 aromatic carbocycles. The van der Waals surface area contributed by atoms with Gasteiger partial charge in [0.05, 0.1) is 19.9 Å². The summed E-state index contributed by atoms with van der Waals surface area (Å²) >= 11 is 5.92. The summed E-state index contributed by atoms with van der Waals surface area (Å²) in [6.07, 6.45) is 0.332. The molecule has 140 valence electrons. The molecule has 5 nitrogen and oxygen atoms in total. The standard InChI is InChI=1S/C20H25ClN2O3/c1-13(22-14(2)15-5-7-16(21)8-6-15)11-20(24)23-18-12-17(25-3)9-10-19(18)26-4/h5-10,12-14,22H,11H2,1-4H3,(H,23,24). The minimum Gasteiger partial charge on any atom is -0.497 e. The van der Waals surface area contributed by atoms with Crippen LogP contribution in [0.15, 0.2) is 42.5 Å². The van der Waals surface area contributed by atoms with Gasteiger partial charge >= 0.3 is 0 Å². The number of benzene rings is 2. The molecule has 0 heterocycles. The van der Waals surface area contributed by atoms with Gasteiger partial charge in [-0.2, -0.15) is 0 Å². The quantitative estimate of drug-likeness (QED) is 0.715. The summed E-state index contributed by atoms with van der Waals surface area (Å²) in [7, 11) is 3.15. The van der Waals surface area contributed by atoms with Gasteiger partial charge in [0, 0.05) is 29.6 Å². The van der Waals surface area contributed by atoms with Crippen LogP contribution >= 0.6 is 11.6 Å². The Hall–Kier alpha value is -2.24. The monoisotopic (exact) mass is 376 g/mol. The molecule has 0 spiro atoms. The third-order valence-electron chi connectivity index (χ3n) is 4.08. The van der Waals surface area contributed by atoms with Crippen LogP contribution in [0, 0.1) is 0 Å². The maximum absolute atomic E-state index is 12.4. The van der Waals surface area contributed by atoms with E-state index in [4.69, 9.17) is 21.1 Å². The van der Waals surface area contributed by atoms with Crippen molar-refractivity contribution in [2.24, 2.45) is 0 Å². The zero-order chi connectivity index (χ0) is 19.1. The number of rotatable bonds is 8. The molecule has 0 bridgehead atoms. The Labute approximate surface area is 159 Å². The van der Waals surface area contributed by atoms with E-state index in [-0.39, 0.29) is 18.0 Å². The van der Waals surface area contributed by atoms with Gasteiger partial charge in [0.2, 0.25) is 5.91 Å². The van der Waals surface area contributed by atoms with Gasteiger partial charge in [-0.3, -0.25) is 4.79 Å². The molecule has 0 radical (unpaired) electrons. The highest BCUT2D eigenvalue weighted by Gasteiger charge is 2.15. The Morgan fingerprint density at radius 2 is 1.77 bits per heavy atom. The molecular weight excluding hydrogens is 352 g/mol. The lowest BCUT2D eigenvalue weighted by Gasteiger charge is -2.20. The summed E-state index contributed by atoms with van der Waals surface area (Å²) in [6.45, 7) is 4.04. The molecular formula is C20H25ClN2O3. The molecule has 0 aliphatic carbocycles. The summed E-state index contributed by atoms with van der Waals surface area (Å²) in [6, 6.07) is 13.1. The zero-order valence-electron chi connectivity index (χ0n) is 15.5. The van der Waals surface area contributed by atoms with Crippen molar-refractivity contribution in [3.8, 4) is 11.5 Å². The van der Waals surface area contributed by atoms with Gasteiger partial charge < -0.3 is 20.1 Å². The van der Waals surface area contributed by atoms with Crippen molar-refractivity contribution >= 4 is 23.2 Å². The van der Waals surface area contributed by atoms with Gasteiger partial charge in [0.1, 0.15) is 11.5 Å². The molecule has 0 fully saturated rings. The topological polar surface area (TPSA) is 59.6 Å². The SMILES string of the molecule is COc1ccc(OC)c(NC(=O)CC(C)NC(C)c2ccc(Cl)cc2)c1. The predicted molar refractivity (Wildman–Crippen MR) is 105 cm³/mol. The molecule has 0 saturated heterocycles. The van der Waals surface area contributed by atoms with Gasteiger partial charge in [0.15, 0.2) is 0 Å². The second-order valence-corrected chi connectivity index (χ2v) is 6.60. The first-order chi connectivity index (χ1) is 12.4. The lowest BCUT2D eigenvalue weighted by molar-refractivity contribution is -0.116. The average Bonchev–Trinajstić information content (AvgIpc) is 2.61. The highest BCUT2D eigenvalue weighted by Crippen LogP contribution is 2.29. The number of anilines is 1. The average molecular weight is 377 g/mol. The van der Waals surface area contributed by atoms with Crippen molar-refractivity contribution in [1.82, 2.24) is 5.32 Å². The first kappa shape index (κ1) is 20.1. The Kier molecular flexibility index (Phi) is 7.30. The van der Waals surface area contributed by atoms with Crippen molar-refractivity contribution < 1.29 is 14.3 Å². The number of ether oxygens (including phenoxy) is 2. The Morgan fingerprint density at radius 1 is 1.08 bits per heavy atom. The van der Waals surface area contributed by atoms with Crippen molar-refractivity contribution in [2.75, 3.05) is 19.5 Å². The number of methoxy groups -OCH3 is 2. The fourth-order valence-corrected chi connectivity index (χ4v) is 2.85. The minimum atomic E-state index is -0.0974. The van der Waals surface area contributed by atoms with E-state index in [9.17, 15) is 4.79 Å². The van der Waals surface area contributed by atoms with Crippen molar-refractivity contribution in [2.45, 2.75) is 32.4 Å². The molecule has 2 aromatic rings. The zero-order valence-corrected chi connectivity index (χ0v) is 16.3. The van der Waals surface area contributed by atoms with Gasteiger partial charge in [-0.05, 0) is 43.7 Å². The van der Waals surface area contributed by atoms with E-state index < -0.39 is 0 Å². The minimum absolute atomic E-state index is 0.00252. The van der Waals surface area contributed by atoms with Crippen LogP contribution in [0.25, 0.3) is 0 Å². The van der Waals surface area contributed by atoms with Crippen LogP contribution in [0.5, 0.6) is 11.5 Å². The number of halogens is 1. The van der Waals surface area contributed by atoms with E-state index >= 15 is 0 Å². The highest BCUT2D eigenvalue weighted by molar-refractivity contribution is 6.30. The molecule has 1 amide bonds. The maximum atomic E-state index is 12.4. The first-order valence-corrected chi connectivity index (χ1v) is 8.84. The normalized spacial score (nSPS) is 13.0.